The predicted molar refractivity (Wildman–Crippen MR) is 73.1 cm³/mol. The van der Waals surface area contributed by atoms with Gasteiger partial charge in [-0.25, -0.2) is 0 Å². The fraction of sp³-hybridized carbons (Fsp3) is 0.500. The zero-order chi connectivity index (χ0) is 13.1. The summed E-state index contributed by atoms with van der Waals surface area (Å²) in [6.07, 6.45) is 0.484. The van der Waals surface area contributed by atoms with Gasteiger partial charge in [0.15, 0.2) is 0 Å². The molecular formula is C14H20N2O2. The number of carbonyl (C=O) groups excluding carboxylic acids is 1. The van der Waals surface area contributed by atoms with Crippen molar-refractivity contribution in [1.82, 2.24) is 0 Å². The van der Waals surface area contributed by atoms with Crippen molar-refractivity contribution < 1.29 is 9.53 Å². The van der Waals surface area contributed by atoms with E-state index in [1.54, 1.807) is 0 Å². The molecule has 98 valence electrons. The third-order valence-corrected chi connectivity index (χ3v) is 3.14. The van der Waals surface area contributed by atoms with Crippen LogP contribution in [0.25, 0.3) is 0 Å². The van der Waals surface area contributed by atoms with Crippen molar-refractivity contribution in [2.24, 2.45) is 5.92 Å². The largest absolute Gasteiger partial charge is 0.492 e. The van der Waals surface area contributed by atoms with Gasteiger partial charge in [0.05, 0.1) is 12.3 Å². The zero-order valence-electron chi connectivity index (χ0n) is 11.1. The van der Waals surface area contributed by atoms with Crippen molar-refractivity contribution in [3.05, 3.63) is 18.2 Å². The zero-order valence-corrected chi connectivity index (χ0v) is 11.1. The van der Waals surface area contributed by atoms with Crippen molar-refractivity contribution in [2.75, 3.05) is 17.2 Å². The van der Waals surface area contributed by atoms with Crippen LogP contribution in [-0.4, -0.2) is 18.6 Å². The van der Waals surface area contributed by atoms with Gasteiger partial charge in [0, 0.05) is 12.5 Å². The van der Waals surface area contributed by atoms with Crippen LogP contribution in [-0.2, 0) is 4.79 Å². The Morgan fingerprint density at radius 2 is 2.22 bits per heavy atom. The molecular weight excluding hydrogens is 228 g/mol. The highest BCUT2D eigenvalue weighted by Gasteiger charge is 2.24. The summed E-state index contributed by atoms with van der Waals surface area (Å²) in [5.74, 6) is 1.16. The molecule has 4 heteroatoms. The fourth-order valence-corrected chi connectivity index (χ4v) is 2.10. The molecule has 0 aliphatic carbocycles. The molecule has 0 saturated carbocycles. The number of ether oxygens (including phenoxy) is 1. The van der Waals surface area contributed by atoms with Crippen LogP contribution in [0.4, 0.5) is 11.4 Å². The Morgan fingerprint density at radius 1 is 1.44 bits per heavy atom. The summed E-state index contributed by atoms with van der Waals surface area (Å²) < 4.78 is 5.55. The highest BCUT2D eigenvalue weighted by Crippen LogP contribution is 2.36. The van der Waals surface area contributed by atoms with E-state index in [4.69, 9.17) is 4.74 Å². The molecule has 1 atom stereocenters. The quantitative estimate of drug-likeness (QED) is 0.864. The van der Waals surface area contributed by atoms with Crippen LogP contribution in [0.15, 0.2) is 18.2 Å². The second-order valence-electron chi connectivity index (χ2n) is 4.86. The summed E-state index contributed by atoms with van der Waals surface area (Å²) in [4.78, 5) is 11.9. The van der Waals surface area contributed by atoms with Gasteiger partial charge >= 0.3 is 0 Å². The molecule has 0 radical (unpaired) electrons. The number of carbonyl (C=O) groups is 1. The second kappa shape index (κ2) is 5.29. The van der Waals surface area contributed by atoms with Gasteiger partial charge < -0.3 is 15.4 Å². The first-order chi connectivity index (χ1) is 8.61. The molecule has 2 N–H and O–H groups in total. The standard InChI is InChI=1S/C14H20N2O2/c1-4-18-12-7-5-6-10-14(12)16-13(17)8-11(15-10)9(2)3/h5-7,9,11,15H,4,8H2,1-3H3,(H,16,17). The molecule has 1 amide bonds. The third-order valence-electron chi connectivity index (χ3n) is 3.14. The van der Waals surface area contributed by atoms with Crippen molar-refractivity contribution in [3.63, 3.8) is 0 Å². The van der Waals surface area contributed by atoms with E-state index in [1.807, 2.05) is 25.1 Å². The summed E-state index contributed by atoms with van der Waals surface area (Å²) in [7, 11) is 0. The lowest BCUT2D eigenvalue weighted by atomic mass is 10.0. The van der Waals surface area contributed by atoms with Gasteiger partial charge in [-0.3, -0.25) is 4.79 Å². The third kappa shape index (κ3) is 2.58. The van der Waals surface area contributed by atoms with E-state index in [-0.39, 0.29) is 11.9 Å². The summed E-state index contributed by atoms with van der Waals surface area (Å²) in [6, 6.07) is 5.94. The predicted octanol–water partition coefficient (Wildman–Crippen LogP) is 2.86. The van der Waals surface area contributed by atoms with E-state index in [0.717, 1.165) is 17.1 Å². The Bertz CT molecular complexity index is 443. The van der Waals surface area contributed by atoms with Crippen LogP contribution in [0.3, 0.4) is 0 Å². The van der Waals surface area contributed by atoms with Gasteiger partial charge in [0.1, 0.15) is 11.4 Å². The minimum Gasteiger partial charge on any atom is -0.492 e. The molecule has 1 aliphatic rings. The molecule has 18 heavy (non-hydrogen) atoms. The van der Waals surface area contributed by atoms with Crippen LogP contribution >= 0.6 is 0 Å². The summed E-state index contributed by atoms with van der Waals surface area (Å²) >= 11 is 0. The number of benzene rings is 1. The Balaban J connectivity index is 2.37. The van der Waals surface area contributed by atoms with E-state index in [2.05, 4.69) is 24.5 Å². The molecule has 0 bridgehead atoms. The van der Waals surface area contributed by atoms with Gasteiger partial charge in [-0.1, -0.05) is 19.9 Å². The highest BCUT2D eigenvalue weighted by molar-refractivity contribution is 5.98. The summed E-state index contributed by atoms with van der Waals surface area (Å²) in [5, 5.41) is 6.36. The average Bonchev–Trinajstić information content (AvgIpc) is 2.48. The number of nitrogens with one attached hydrogen (secondary N) is 2. The van der Waals surface area contributed by atoms with Crippen molar-refractivity contribution in [1.29, 1.82) is 0 Å². The molecule has 2 rings (SSSR count). The number of hydrogen-bond acceptors (Lipinski definition) is 3. The SMILES string of the molecule is CCOc1cccc2c1NC(=O)CC(C(C)C)N2. The Kier molecular flexibility index (Phi) is 3.75. The summed E-state index contributed by atoms with van der Waals surface area (Å²) in [6.45, 7) is 6.74. The van der Waals surface area contributed by atoms with E-state index < -0.39 is 0 Å². The normalized spacial score (nSPS) is 18.7. The lowest BCUT2D eigenvalue weighted by Gasteiger charge is -2.20. The van der Waals surface area contributed by atoms with E-state index in [9.17, 15) is 4.79 Å². The molecule has 0 spiro atoms. The molecule has 0 saturated heterocycles. The fourth-order valence-electron chi connectivity index (χ4n) is 2.10. The molecule has 4 nitrogen and oxygen atoms in total. The lowest BCUT2D eigenvalue weighted by molar-refractivity contribution is -0.116. The van der Waals surface area contributed by atoms with Crippen LogP contribution in [0.1, 0.15) is 27.2 Å². The average molecular weight is 248 g/mol. The Labute approximate surface area is 108 Å². The van der Waals surface area contributed by atoms with E-state index in [1.165, 1.54) is 0 Å². The Hall–Kier alpha value is -1.71. The van der Waals surface area contributed by atoms with Crippen molar-refractivity contribution in [2.45, 2.75) is 33.2 Å². The first kappa shape index (κ1) is 12.7. The Morgan fingerprint density at radius 3 is 2.89 bits per heavy atom. The molecule has 0 fully saturated rings. The van der Waals surface area contributed by atoms with Gasteiger partial charge in [0.2, 0.25) is 5.91 Å². The molecule has 1 aliphatic heterocycles. The van der Waals surface area contributed by atoms with E-state index in [0.29, 0.717) is 18.9 Å². The van der Waals surface area contributed by atoms with E-state index >= 15 is 0 Å². The molecule has 1 aromatic rings. The van der Waals surface area contributed by atoms with Crippen LogP contribution in [0.2, 0.25) is 0 Å². The van der Waals surface area contributed by atoms with Crippen molar-refractivity contribution >= 4 is 17.3 Å². The van der Waals surface area contributed by atoms with Crippen LogP contribution in [0, 0.1) is 5.92 Å². The topological polar surface area (TPSA) is 50.4 Å². The van der Waals surface area contributed by atoms with Gasteiger partial charge in [-0.05, 0) is 25.0 Å². The molecule has 1 heterocycles. The minimum atomic E-state index is 0.0344. The van der Waals surface area contributed by atoms with Crippen molar-refractivity contribution in [3.8, 4) is 5.75 Å². The maximum absolute atomic E-state index is 11.9. The summed E-state index contributed by atoms with van der Waals surface area (Å²) in [5.41, 5.74) is 1.69. The second-order valence-corrected chi connectivity index (χ2v) is 4.86. The molecule has 0 aromatic heterocycles. The smallest absolute Gasteiger partial charge is 0.226 e. The number of rotatable bonds is 3. The number of anilines is 2. The maximum atomic E-state index is 11.9. The maximum Gasteiger partial charge on any atom is 0.226 e. The van der Waals surface area contributed by atoms with Gasteiger partial charge in [-0.2, -0.15) is 0 Å². The van der Waals surface area contributed by atoms with Crippen LogP contribution in [0.5, 0.6) is 5.75 Å². The first-order valence-corrected chi connectivity index (χ1v) is 6.44. The lowest BCUT2D eigenvalue weighted by Crippen LogP contribution is -2.27. The van der Waals surface area contributed by atoms with Crippen LogP contribution < -0.4 is 15.4 Å². The number of amides is 1. The highest BCUT2D eigenvalue weighted by atomic mass is 16.5. The van der Waals surface area contributed by atoms with Gasteiger partial charge in [-0.15, -0.1) is 0 Å². The molecule has 1 unspecified atom stereocenters. The first-order valence-electron chi connectivity index (χ1n) is 6.44. The van der Waals surface area contributed by atoms with Gasteiger partial charge in [0.25, 0.3) is 0 Å². The number of fused-ring (bicyclic) bond motifs is 1. The minimum absolute atomic E-state index is 0.0344. The number of para-hydroxylation sites is 1. The molecule has 1 aromatic carbocycles. The monoisotopic (exact) mass is 248 g/mol. The number of hydrogen-bond donors (Lipinski definition) is 2.